The normalized spacial score (nSPS) is 30.5. The third-order valence-corrected chi connectivity index (χ3v) is 2.00. The predicted octanol–water partition coefficient (Wildman–Crippen LogP) is 0.932. The van der Waals surface area contributed by atoms with E-state index >= 15 is 0 Å². The Morgan fingerprint density at radius 2 is 2.40 bits per heavy atom. The van der Waals surface area contributed by atoms with Gasteiger partial charge in [-0.3, -0.25) is 9.59 Å². The van der Waals surface area contributed by atoms with Crippen molar-refractivity contribution in [2.45, 2.75) is 38.7 Å². The monoisotopic (exact) mass is 213 g/mol. The van der Waals surface area contributed by atoms with E-state index in [-0.39, 0.29) is 12.2 Å². The zero-order valence-corrected chi connectivity index (χ0v) is 8.41. The van der Waals surface area contributed by atoms with Crippen LogP contribution < -0.4 is 0 Å². The second-order valence-electron chi connectivity index (χ2n) is 3.20. The quantitative estimate of drug-likeness (QED) is 0.294. The summed E-state index contributed by atoms with van der Waals surface area (Å²) in [7, 11) is 0. The second kappa shape index (κ2) is 4.77. The average Bonchev–Trinajstić information content (AvgIpc) is 2.13. The highest BCUT2D eigenvalue weighted by Crippen LogP contribution is 2.20. The van der Waals surface area contributed by atoms with Crippen molar-refractivity contribution in [2.24, 2.45) is 5.11 Å². The summed E-state index contributed by atoms with van der Waals surface area (Å²) in [6.07, 6.45) is -1.58. The topological polar surface area (TPSA) is 101 Å². The maximum Gasteiger partial charge on any atom is 0.304 e. The Labute approximate surface area is 86.0 Å². The molecule has 0 aromatic heterocycles. The van der Waals surface area contributed by atoms with Gasteiger partial charge in [-0.1, -0.05) is 5.11 Å². The Hall–Kier alpha value is -1.59. The van der Waals surface area contributed by atoms with Crippen molar-refractivity contribution in [2.75, 3.05) is 0 Å². The van der Waals surface area contributed by atoms with Crippen LogP contribution in [0.5, 0.6) is 0 Å². The Bertz CT molecular complexity index is 324. The summed E-state index contributed by atoms with van der Waals surface area (Å²) in [5, 5.41) is 3.36. The van der Waals surface area contributed by atoms with E-state index in [4.69, 9.17) is 15.0 Å². The van der Waals surface area contributed by atoms with Crippen LogP contribution in [0.3, 0.4) is 0 Å². The van der Waals surface area contributed by atoms with Gasteiger partial charge in [-0.25, -0.2) is 0 Å². The van der Waals surface area contributed by atoms with E-state index in [2.05, 4.69) is 10.0 Å². The molecule has 0 amide bonds. The number of hydrogen-bond acceptors (Lipinski definition) is 5. The van der Waals surface area contributed by atoms with Crippen molar-refractivity contribution >= 4 is 11.8 Å². The first kappa shape index (κ1) is 11.5. The maximum atomic E-state index is 11.3. The molecule has 7 heteroatoms. The van der Waals surface area contributed by atoms with Crippen LogP contribution in [0.2, 0.25) is 0 Å². The van der Waals surface area contributed by atoms with Crippen LogP contribution in [-0.2, 0) is 19.1 Å². The fourth-order valence-electron chi connectivity index (χ4n) is 1.27. The average molecular weight is 213 g/mol. The van der Waals surface area contributed by atoms with Gasteiger partial charge >= 0.3 is 5.97 Å². The lowest BCUT2D eigenvalue weighted by molar-refractivity contribution is -0.203. The molecule has 0 aliphatic carbocycles. The molecule has 1 aliphatic rings. The van der Waals surface area contributed by atoms with E-state index in [0.29, 0.717) is 0 Å². The van der Waals surface area contributed by atoms with E-state index in [1.807, 2.05) is 0 Å². The summed E-state index contributed by atoms with van der Waals surface area (Å²) in [5.41, 5.74) is 8.27. The van der Waals surface area contributed by atoms with Gasteiger partial charge in [0.05, 0.1) is 0 Å². The molecular weight excluding hydrogens is 202 g/mol. The van der Waals surface area contributed by atoms with Gasteiger partial charge in [-0.2, -0.15) is 0 Å². The van der Waals surface area contributed by atoms with E-state index in [0.717, 1.165) is 0 Å². The largest absolute Gasteiger partial charge is 0.435 e. The minimum atomic E-state index is -0.967. The summed E-state index contributed by atoms with van der Waals surface area (Å²) < 4.78 is 9.91. The highest BCUT2D eigenvalue weighted by molar-refractivity contribution is 5.84. The molecule has 1 rings (SSSR count). The lowest BCUT2D eigenvalue weighted by atomic mass is 10.0. The van der Waals surface area contributed by atoms with Gasteiger partial charge in [0.25, 0.3) is 0 Å². The molecule has 3 atom stereocenters. The van der Waals surface area contributed by atoms with Crippen molar-refractivity contribution in [1.29, 1.82) is 0 Å². The number of carbonyl (C=O) groups excluding carboxylic acids is 2. The highest BCUT2D eigenvalue weighted by atomic mass is 16.7. The van der Waals surface area contributed by atoms with Gasteiger partial charge in [-0.15, -0.1) is 0 Å². The number of rotatable bonds is 2. The summed E-state index contributed by atoms with van der Waals surface area (Å²) in [4.78, 5) is 24.6. The SMILES string of the molecule is CC(=O)O[C@H]1O[C@H](C)C(=O)C[C@H]1N=[N+]=[N-]. The molecule has 0 N–H and O–H groups in total. The lowest BCUT2D eigenvalue weighted by Crippen LogP contribution is -2.44. The first-order valence-electron chi connectivity index (χ1n) is 4.44. The van der Waals surface area contributed by atoms with Gasteiger partial charge in [0.2, 0.25) is 6.29 Å². The van der Waals surface area contributed by atoms with Crippen molar-refractivity contribution in [3.63, 3.8) is 0 Å². The molecule has 1 aliphatic heterocycles. The molecule has 7 nitrogen and oxygen atoms in total. The van der Waals surface area contributed by atoms with Gasteiger partial charge < -0.3 is 9.47 Å². The molecule has 1 saturated heterocycles. The Balaban J connectivity index is 2.75. The smallest absolute Gasteiger partial charge is 0.304 e. The van der Waals surface area contributed by atoms with Crippen molar-refractivity contribution < 1.29 is 19.1 Å². The summed E-state index contributed by atoms with van der Waals surface area (Å²) in [6.45, 7) is 2.78. The van der Waals surface area contributed by atoms with Crippen molar-refractivity contribution in [3.8, 4) is 0 Å². The van der Waals surface area contributed by atoms with E-state index in [1.54, 1.807) is 6.92 Å². The molecule has 1 heterocycles. The van der Waals surface area contributed by atoms with Crippen molar-refractivity contribution in [1.82, 2.24) is 0 Å². The molecule has 82 valence electrons. The van der Waals surface area contributed by atoms with Gasteiger partial charge in [0.1, 0.15) is 12.1 Å². The third kappa shape index (κ3) is 2.93. The van der Waals surface area contributed by atoms with E-state index in [1.165, 1.54) is 6.92 Å². The number of ketones is 1. The predicted molar refractivity (Wildman–Crippen MR) is 48.7 cm³/mol. The lowest BCUT2D eigenvalue weighted by Gasteiger charge is -2.30. The Kier molecular flexibility index (Phi) is 3.65. The first-order valence-corrected chi connectivity index (χ1v) is 4.44. The summed E-state index contributed by atoms with van der Waals surface area (Å²) in [5.74, 6) is -0.713. The molecule has 1 fully saturated rings. The molecule has 0 spiro atoms. The number of ether oxygens (including phenoxy) is 2. The summed E-state index contributed by atoms with van der Waals surface area (Å²) in [6, 6.07) is -0.775. The number of hydrogen-bond donors (Lipinski definition) is 0. The zero-order chi connectivity index (χ0) is 11.4. The maximum absolute atomic E-state index is 11.3. The molecular formula is C8H11N3O4. The molecule has 0 radical (unpaired) electrons. The van der Waals surface area contributed by atoms with E-state index < -0.39 is 24.4 Å². The number of carbonyl (C=O) groups is 2. The van der Waals surface area contributed by atoms with Crippen molar-refractivity contribution in [3.05, 3.63) is 10.4 Å². The third-order valence-electron chi connectivity index (χ3n) is 2.00. The van der Waals surface area contributed by atoms with Crippen LogP contribution in [0, 0.1) is 0 Å². The number of nitrogens with zero attached hydrogens (tertiary/aromatic N) is 3. The highest BCUT2D eigenvalue weighted by Gasteiger charge is 2.36. The van der Waals surface area contributed by atoms with Crippen LogP contribution in [-0.4, -0.2) is 30.2 Å². The molecule has 0 saturated carbocycles. The van der Waals surface area contributed by atoms with Crippen LogP contribution in [0.15, 0.2) is 5.11 Å². The minimum Gasteiger partial charge on any atom is -0.435 e. The number of azide groups is 1. The number of Topliss-reactive ketones (excluding diaryl/α,β-unsaturated/α-hetero) is 1. The Morgan fingerprint density at radius 1 is 1.73 bits per heavy atom. The second-order valence-corrected chi connectivity index (χ2v) is 3.20. The number of esters is 1. The molecule has 0 aromatic rings. The standard InChI is InChI=1S/C8H11N3O4/c1-4-7(13)3-6(10-11-9)8(14-4)15-5(2)12/h4,6,8H,3H2,1-2H3/t4-,6-,8-/m1/s1. The van der Waals surface area contributed by atoms with Gasteiger partial charge in [-0.05, 0) is 12.5 Å². The minimum absolute atomic E-state index is 0.0309. The van der Waals surface area contributed by atoms with Crippen LogP contribution in [0.1, 0.15) is 20.3 Å². The van der Waals surface area contributed by atoms with Gasteiger partial charge in [0, 0.05) is 18.3 Å². The fourth-order valence-corrected chi connectivity index (χ4v) is 1.27. The fraction of sp³-hybridized carbons (Fsp3) is 0.750. The zero-order valence-electron chi connectivity index (χ0n) is 8.41. The van der Waals surface area contributed by atoms with Crippen LogP contribution >= 0.6 is 0 Å². The van der Waals surface area contributed by atoms with Crippen LogP contribution in [0.25, 0.3) is 10.4 Å². The molecule has 0 bridgehead atoms. The summed E-state index contributed by atoms with van der Waals surface area (Å²) >= 11 is 0. The molecule has 0 aromatic carbocycles. The Morgan fingerprint density at radius 3 is 2.93 bits per heavy atom. The first-order chi connectivity index (χ1) is 7.04. The van der Waals surface area contributed by atoms with Crippen LogP contribution in [0.4, 0.5) is 0 Å². The van der Waals surface area contributed by atoms with Gasteiger partial charge in [0.15, 0.2) is 5.78 Å². The van der Waals surface area contributed by atoms with E-state index in [9.17, 15) is 9.59 Å². The molecule has 0 unspecified atom stereocenters. The molecule has 15 heavy (non-hydrogen) atoms.